The fraction of sp³-hybridized carbons (Fsp3) is 0.429. The zero-order chi connectivity index (χ0) is 15.8. The number of hydrogen-bond donors (Lipinski definition) is 0. The van der Waals surface area contributed by atoms with E-state index < -0.39 is 12.0 Å². The van der Waals surface area contributed by atoms with Gasteiger partial charge in [0.1, 0.15) is 6.07 Å². The summed E-state index contributed by atoms with van der Waals surface area (Å²) in [6.45, 7) is 3.09. The predicted molar refractivity (Wildman–Crippen MR) is 70.5 cm³/mol. The van der Waals surface area contributed by atoms with Crippen LogP contribution in [-0.4, -0.2) is 22.5 Å². The number of ether oxygens (including phenoxy) is 1. The standard InChI is InChI=1S/C14H15F2N3O2/c1-9(13(15)16)5-3-4-6-21-14(20)11-8-18-12(7-17)19-10(11)2/h8H,3-6H2,1-2H3. The van der Waals surface area contributed by atoms with Crippen LogP contribution in [0.4, 0.5) is 8.78 Å². The van der Waals surface area contributed by atoms with Gasteiger partial charge in [-0.15, -0.1) is 0 Å². The van der Waals surface area contributed by atoms with Crippen molar-refractivity contribution in [2.75, 3.05) is 6.61 Å². The molecular weight excluding hydrogens is 280 g/mol. The van der Waals surface area contributed by atoms with E-state index in [0.717, 1.165) is 0 Å². The van der Waals surface area contributed by atoms with Gasteiger partial charge in [0.25, 0.3) is 6.08 Å². The molecule has 0 aliphatic carbocycles. The molecule has 7 heteroatoms. The van der Waals surface area contributed by atoms with Crippen LogP contribution in [0.25, 0.3) is 0 Å². The Morgan fingerprint density at radius 2 is 2.14 bits per heavy atom. The van der Waals surface area contributed by atoms with E-state index in [-0.39, 0.29) is 30.0 Å². The van der Waals surface area contributed by atoms with Gasteiger partial charge < -0.3 is 4.74 Å². The third-order valence-electron chi connectivity index (χ3n) is 2.80. The maximum atomic E-state index is 12.2. The molecule has 0 N–H and O–H groups in total. The van der Waals surface area contributed by atoms with E-state index in [1.165, 1.54) is 13.1 Å². The normalized spacial score (nSPS) is 9.86. The number of aromatic nitrogens is 2. The Hall–Kier alpha value is -2.36. The Balaban J connectivity index is 2.42. The Morgan fingerprint density at radius 3 is 2.71 bits per heavy atom. The van der Waals surface area contributed by atoms with Gasteiger partial charge in [0.15, 0.2) is 0 Å². The van der Waals surface area contributed by atoms with E-state index >= 15 is 0 Å². The van der Waals surface area contributed by atoms with Crippen LogP contribution in [0.2, 0.25) is 0 Å². The molecule has 1 aromatic heterocycles. The SMILES string of the molecule is CC(CCCCOC(=O)c1cnc(C#N)nc1C)=C(F)F. The van der Waals surface area contributed by atoms with Crippen molar-refractivity contribution in [1.29, 1.82) is 5.26 Å². The highest BCUT2D eigenvalue weighted by Crippen LogP contribution is 2.14. The Morgan fingerprint density at radius 1 is 1.43 bits per heavy atom. The maximum absolute atomic E-state index is 12.2. The molecule has 21 heavy (non-hydrogen) atoms. The second-order valence-corrected chi connectivity index (χ2v) is 4.44. The molecule has 0 aliphatic rings. The molecule has 0 unspecified atom stereocenters. The number of esters is 1. The topological polar surface area (TPSA) is 75.9 Å². The zero-order valence-corrected chi connectivity index (χ0v) is 11.8. The van der Waals surface area contributed by atoms with Gasteiger partial charge in [-0.25, -0.2) is 14.8 Å². The van der Waals surface area contributed by atoms with Crippen molar-refractivity contribution in [1.82, 2.24) is 9.97 Å². The minimum atomic E-state index is -1.66. The number of rotatable bonds is 6. The van der Waals surface area contributed by atoms with Crippen molar-refractivity contribution in [3.05, 3.63) is 34.9 Å². The largest absolute Gasteiger partial charge is 0.462 e. The smallest absolute Gasteiger partial charge is 0.341 e. The van der Waals surface area contributed by atoms with Gasteiger partial charge in [-0.2, -0.15) is 14.0 Å². The summed E-state index contributed by atoms with van der Waals surface area (Å²) in [5, 5.41) is 8.63. The fourth-order valence-corrected chi connectivity index (χ4v) is 1.55. The number of hydrogen-bond acceptors (Lipinski definition) is 5. The van der Waals surface area contributed by atoms with Crippen LogP contribution < -0.4 is 0 Å². The van der Waals surface area contributed by atoms with Crippen LogP contribution in [0.3, 0.4) is 0 Å². The van der Waals surface area contributed by atoms with Crippen LogP contribution in [0.5, 0.6) is 0 Å². The number of halogens is 2. The number of nitriles is 1. The molecule has 1 rings (SSSR count). The average Bonchev–Trinajstić information content (AvgIpc) is 2.45. The van der Waals surface area contributed by atoms with Crippen molar-refractivity contribution in [3.63, 3.8) is 0 Å². The highest BCUT2D eigenvalue weighted by Gasteiger charge is 2.13. The molecular formula is C14H15F2N3O2. The van der Waals surface area contributed by atoms with Crippen LogP contribution in [0.1, 0.15) is 48.1 Å². The zero-order valence-electron chi connectivity index (χ0n) is 11.8. The van der Waals surface area contributed by atoms with Crippen LogP contribution in [0, 0.1) is 18.3 Å². The molecule has 0 saturated heterocycles. The number of nitrogens with zero attached hydrogens (tertiary/aromatic N) is 3. The summed E-state index contributed by atoms with van der Waals surface area (Å²) in [6.07, 6.45) is 0.872. The highest BCUT2D eigenvalue weighted by molar-refractivity contribution is 5.90. The lowest BCUT2D eigenvalue weighted by Gasteiger charge is -2.06. The molecule has 0 aliphatic heterocycles. The summed E-state index contributed by atoms with van der Waals surface area (Å²) in [4.78, 5) is 19.3. The number of unbranched alkanes of at least 4 members (excludes halogenated alkanes) is 1. The minimum Gasteiger partial charge on any atom is -0.462 e. The van der Waals surface area contributed by atoms with Gasteiger partial charge in [0.05, 0.1) is 17.9 Å². The Bertz CT molecular complexity index is 590. The van der Waals surface area contributed by atoms with Crippen LogP contribution in [0.15, 0.2) is 17.9 Å². The first-order chi connectivity index (χ1) is 9.95. The molecule has 0 saturated carbocycles. The molecule has 1 aromatic rings. The van der Waals surface area contributed by atoms with E-state index in [2.05, 4.69) is 9.97 Å². The molecule has 0 fully saturated rings. The van der Waals surface area contributed by atoms with E-state index in [1.54, 1.807) is 13.0 Å². The van der Waals surface area contributed by atoms with Crippen molar-refractivity contribution in [2.45, 2.75) is 33.1 Å². The first kappa shape index (κ1) is 16.7. The van der Waals surface area contributed by atoms with Crippen molar-refractivity contribution in [3.8, 4) is 6.07 Å². The average molecular weight is 295 g/mol. The van der Waals surface area contributed by atoms with Gasteiger partial charge in [0, 0.05) is 6.20 Å². The van der Waals surface area contributed by atoms with Crippen molar-refractivity contribution < 1.29 is 18.3 Å². The predicted octanol–water partition coefficient (Wildman–Crippen LogP) is 3.15. The number of carbonyl (C=O) groups excluding carboxylic acids is 1. The quantitative estimate of drug-likeness (QED) is 0.595. The first-order valence-electron chi connectivity index (χ1n) is 6.37. The Labute approximate surface area is 121 Å². The van der Waals surface area contributed by atoms with E-state index in [9.17, 15) is 13.6 Å². The third kappa shape index (κ3) is 5.26. The molecule has 0 bridgehead atoms. The third-order valence-corrected chi connectivity index (χ3v) is 2.80. The van der Waals surface area contributed by atoms with E-state index in [4.69, 9.17) is 10.00 Å². The van der Waals surface area contributed by atoms with Crippen molar-refractivity contribution >= 4 is 5.97 Å². The van der Waals surface area contributed by atoms with E-state index in [1.807, 2.05) is 0 Å². The molecule has 0 radical (unpaired) electrons. The van der Waals surface area contributed by atoms with E-state index in [0.29, 0.717) is 18.5 Å². The number of carbonyl (C=O) groups is 1. The number of allylic oxidation sites excluding steroid dienone is 1. The lowest BCUT2D eigenvalue weighted by atomic mass is 10.1. The Kier molecular flexibility index (Phi) is 6.40. The first-order valence-corrected chi connectivity index (χ1v) is 6.37. The van der Waals surface area contributed by atoms with Crippen LogP contribution in [-0.2, 0) is 4.74 Å². The molecule has 0 spiro atoms. The minimum absolute atomic E-state index is 0.0143. The summed E-state index contributed by atoms with van der Waals surface area (Å²) in [7, 11) is 0. The number of aryl methyl sites for hydroxylation is 1. The summed E-state index contributed by atoms with van der Waals surface area (Å²) in [6, 6.07) is 1.77. The van der Waals surface area contributed by atoms with Crippen molar-refractivity contribution in [2.24, 2.45) is 0 Å². The monoisotopic (exact) mass is 295 g/mol. The van der Waals surface area contributed by atoms with Crippen LogP contribution >= 0.6 is 0 Å². The second kappa shape index (κ2) is 8.04. The summed E-state index contributed by atoms with van der Waals surface area (Å²) >= 11 is 0. The molecule has 1 heterocycles. The maximum Gasteiger partial charge on any atom is 0.341 e. The molecule has 0 amide bonds. The molecule has 0 atom stereocenters. The summed E-state index contributed by atoms with van der Waals surface area (Å²) in [5.41, 5.74) is 0.613. The molecule has 0 aromatic carbocycles. The summed E-state index contributed by atoms with van der Waals surface area (Å²) < 4.78 is 29.3. The fourth-order valence-electron chi connectivity index (χ4n) is 1.55. The summed E-state index contributed by atoms with van der Waals surface area (Å²) in [5.74, 6) is -0.597. The van der Waals surface area contributed by atoms with Gasteiger partial charge in [-0.05, 0) is 38.7 Å². The van der Waals surface area contributed by atoms with Gasteiger partial charge >= 0.3 is 5.97 Å². The highest BCUT2D eigenvalue weighted by atomic mass is 19.3. The lowest BCUT2D eigenvalue weighted by Crippen LogP contribution is -2.10. The second-order valence-electron chi connectivity index (χ2n) is 4.44. The molecule has 112 valence electrons. The lowest BCUT2D eigenvalue weighted by molar-refractivity contribution is 0.0496. The van der Waals surface area contributed by atoms with Gasteiger partial charge in [0.2, 0.25) is 5.82 Å². The van der Waals surface area contributed by atoms with Gasteiger partial charge in [-0.3, -0.25) is 0 Å². The molecule has 5 nitrogen and oxygen atoms in total. The van der Waals surface area contributed by atoms with Gasteiger partial charge in [-0.1, -0.05) is 0 Å².